The molecule has 204 valence electrons. The summed E-state index contributed by atoms with van der Waals surface area (Å²) in [6.07, 6.45) is 0.854. The van der Waals surface area contributed by atoms with Crippen LogP contribution >= 0.6 is 39.0 Å². The predicted octanol–water partition coefficient (Wildman–Crippen LogP) is 7.15. The van der Waals surface area contributed by atoms with Crippen molar-refractivity contribution in [2.45, 2.75) is 29.5 Å². The van der Waals surface area contributed by atoms with Crippen LogP contribution in [0.4, 0.5) is 9.52 Å². The van der Waals surface area contributed by atoms with Crippen molar-refractivity contribution >= 4 is 61.6 Å². The van der Waals surface area contributed by atoms with Crippen LogP contribution in [0.5, 0.6) is 5.75 Å². The van der Waals surface area contributed by atoms with E-state index in [4.69, 9.17) is 4.74 Å². The van der Waals surface area contributed by atoms with Gasteiger partial charge in [-0.1, -0.05) is 76.3 Å². The topological polar surface area (TPSA) is 92.6 Å². The van der Waals surface area contributed by atoms with E-state index < -0.39 is 17.7 Å². The number of rotatable bonds is 9. The quantitative estimate of drug-likeness (QED) is 0.0683. The van der Waals surface area contributed by atoms with E-state index in [0.717, 1.165) is 22.2 Å². The van der Waals surface area contributed by atoms with Crippen molar-refractivity contribution in [3.05, 3.63) is 105 Å². The van der Waals surface area contributed by atoms with Crippen molar-refractivity contribution in [2.24, 2.45) is 0 Å². The minimum Gasteiger partial charge on any atom is -0.507 e. The number of halogens is 2. The van der Waals surface area contributed by atoms with E-state index in [9.17, 15) is 19.1 Å². The summed E-state index contributed by atoms with van der Waals surface area (Å²) in [5.74, 6) is -1.30. The summed E-state index contributed by atoms with van der Waals surface area (Å²) in [4.78, 5) is 28.1. The van der Waals surface area contributed by atoms with Crippen LogP contribution in [-0.2, 0) is 15.3 Å². The Morgan fingerprint density at radius 1 is 1.10 bits per heavy atom. The third kappa shape index (κ3) is 5.81. The highest BCUT2D eigenvalue weighted by molar-refractivity contribution is 9.10. The number of aliphatic hydroxyl groups is 1. The third-order valence-electron chi connectivity index (χ3n) is 6.12. The van der Waals surface area contributed by atoms with Crippen molar-refractivity contribution in [3.8, 4) is 5.75 Å². The zero-order valence-corrected chi connectivity index (χ0v) is 24.4. The molecule has 2 heterocycles. The summed E-state index contributed by atoms with van der Waals surface area (Å²) in [5.41, 5.74) is 1.44. The number of aromatic nitrogens is 2. The van der Waals surface area contributed by atoms with Gasteiger partial charge in [-0.15, -0.1) is 10.2 Å². The number of ketones is 1. The van der Waals surface area contributed by atoms with Gasteiger partial charge in [-0.3, -0.25) is 14.5 Å². The summed E-state index contributed by atoms with van der Waals surface area (Å²) >= 11 is 5.86. The number of hydrogen-bond donors (Lipinski definition) is 1. The van der Waals surface area contributed by atoms with E-state index in [-0.39, 0.29) is 22.3 Å². The Morgan fingerprint density at radius 3 is 2.60 bits per heavy atom. The zero-order chi connectivity index (χ0) is 28.2. The summed E-state index contributed by atoms with van der Waals surface area (Å²) in [7, 11) is 0. The number of carbonyl (C=O) groups is 2. The molecule has 1 fully saturated rings. The van der Waals surface area contributed by atoms with Crippen molar-refractivity contribution in [3.63, 3.8) is 0 Å². The van der Waals surface area contributed by atoms with Crippen LogP contribution in [0.1, 0.15) is 36.1 Å². The van der Waals surface area contributed by atoms with Gasteiger partial charge in [0.05, 0.1) is 18.2 Å². The molecule has 1 aliphatic rings. The lowest BCUT2D eigenvalue weighted by molar-refractivity contribution is -0.132. The number of hydrogen-bond acceptors (Lipinski definition) is 8. The molecule has 0 saturated carbocycles. The standard InChI is InChI=1S/C29H23BrFN3O4S2/c1-2-14-38-21-12-10-17(11-13-21)25(35)23-24(18-7-5-8-20(30)15-18)34(27(37)26(23)36)28-32-33-29(40-28)39-16-19-6-3-4-9-22(19)31/h3-13,15,24,35H,2,14,16H2,1H3/b25-23-. The first-order chi connectivity index (χ1) is 19.4. The van der Waals surface area contributed by atoms with Crippen LogP contribution in [0.25, 0.3) is 5.76 Å². The number of aliphatic hydroxyl groups excluding tert-OH is 1. The number of ether oxygens (including phenoxy) is 1. The van der Waals surface area contributed by atoms with Crippen LogP contribution in [0.15, 0.2) is 87.2 Å². The fraction of sp³-hybridized carbons (Fsp3) is 0.172. The molecule has 5 rings (SSSR count). The van der Waals surface area contributed by atoms with Gasteiger partial charge in [0.15, 0.2) is 4.34 Å². The number of thioether (sulfide) groups is 1. The van der Waals surface area contributed by atoms with Crippen molar-refractivity contribution < 1.29 is 23.8 Å². The maximum Gasteiger partial charge on any atom is 0.301 e. The molecule has 1 amide bonds. The zero-order valence-electron chi connectivity index (χ0n) is 21.2. The molecular weight excluding hydrogens is 617 g/mol. The van der Waals surface area contributed by atoms with Crippen molar-refractivity contribution in [1.29, 1.82) is 0 Å². The lowest BCUT2D eigenvalue weighted by Crippen LogP contribution is -2.29. The van der Waals surface area contributed by atoms with Crippen LogP contribution in [0.3, 0.4) is 0 Å². The van der Waals surface area contributed by atoms with Crippen molar-refractivity contribution in [2.75, 3.05) is 11.5 Å². The Morgan fingerprint density at radius 2 is 1.88 bits per heavy atom. The molecule has 1 aliphatic heterocycles. The van der Waals surface area contributed by atoms with Gasteiger partial charge in [-0.2, -0.15) is 0 Å². The van der Waals surface area contributed by atoms with E-state index in [1.165, 1.54) is 22.7 Å². The molecule has 1 aromatic heterocycles. The molecule has 0 spiro atoms. The van der Waals surface area contributed by atoms with Gasteiger partial charge < -0.3 is 9.84 Å². The second-order valence-electron chi connectivity index (χ2n) is 8.83. The van der Waals surface area contributed by atoms with Gasteiger partial charge in [0.1, 0.15) is 17.3 Å². The largest absolute Gasteiger partial charge is 0.507 e. The van der Waals surface area contributed by atoms with Gasteiger partial charge in [-0.25, -0.2) is 4.39 Å². The first kappa shape index (κ1) is 28.0. The van der Waals surface area contributed by atoms with E-state index in [1.54, 1.807) is 60.7 Å². The highest BCUT2D eigenvalue weighted by atomic mass is 79.9. The third-order valence-corrected chi connectivity index (χ3v) is 8.72. The molecule has 0 aliphatic carbocycles. The average Bonchev–Trinajstić information content (AvgIpc) is 3.53. The predicted molar refractivity (Wildman–Crippen MR) is 157 cm³/mol. The maximum atomic E-state index is 14.1. The van der Waals surface area contributed by atoms with Crippen LogP contribution in [0, 0.1) is 5.82 Å². The van der Waals surface area contributed by atoms with Gasteiger partial charge in [0.25, 0.3) is 5.78 Å². The van der Waals surface area contributed by atoms with Gasteiger partial charge >= 0.3 is 5.91 Å². The highest BCUT2D eigenvalue weighted by Gasteiger charge is 2.48. The summed E-state index contributed by atoms with van der Waals surface area (Å²) < 4.78 is 20.9. The Balaban J connectivity index is 1.51. The van der Waals surface area contributed by atoms with Gasteiger partial charge in [0.2, 0.25) is 5.13 Å². The molecule has 4 aromatic rings. The molecule has 0 radical (unpaired) electrons. The van der Waals surface area contributed by atoms with E-state index in [2.05, 4.69) is 26.1 Å². The Kier molecular flexibility index (Phi) is 8.63. The molecule has 11 heteroatoms. The number of Topliss-reactive ketones (excluding diaryl/α,β-unsaturated/α-hetero) is 1. The first-order valence-electron chi connectivity index (χ1n) is 12.4. The molecule has 7 nitrogen and oxygen atoms in total. The minimum atomic E-state index is -0.939. The fourth-order valence-electron chi connectivity index (χ4n) is 4.22. The number of amides is 1. The Bertz CT molecular complexity index is 1590. The van der Waals surface area contributed by atoms with E-state index in [1.807, 2.05) is 13.0 Å². The molecule has 1 N–H and O–H groups in total. The Hall–Kier alpha value is -3.54. The summed E-state index contributed by atoms with van der Waals surface area (Å²) in [6.45, 7) is 2.56. The van der Waals surface area contributed by atoms with Crippen LogP contribution in [0.2, 0.25) is 0 Å². The number of benzene rings is 3. The highest BCUT2D eigenvalue weighted by Crippen LogP contribution is 2.44. The Labute approximate surface area is 246 Å². The molecule has 0 bridgehead atoms. The second-order valence-corrected chi connectivity index (χ2v) is 11.9. The second kappa shape index (κ2) is 12.3. The van der Waals surface area contributed by atoms with Crippen molar-refractivity contribution in [1.82, 2.24) is 10.2 Å². The number of anilines is 1. The fourth-order valence-corrected chi connectivity index (χ4v) is 6.49. The van der Waals surface area contributed by atoms with Crippen LogP contribution < -0.4 is 9.64 Å². The van der Waals surface area contributed by atoms with Gasteiger partial charge in [0, 0.05) is 15.8 Å². The molecule has 1 atom stereocenters. The maximum absolute atomic E-state index is 14.1. The van der Waals surface area contributed by atoms with Gasteiger partial charge in [-0.05, 0) is 60.0 Å². The normalized spacial score (nSPS) is 16.5. The number of carbonyl (C=O) groups excluding carboxylic acids is 2. The monoisotopic (exact) mass is 639 g/mol. The molecule has 3 aromatic carbocycles. The minimum absolute atomic E-state index is 0.0545. The first-order valence-corrected chi connectivity index (χ1v) is 15.0. The molecule has 1 saturated heterocycles. The van der Waals surface area contributed by atoms with E-state index >= 15 is 0 Å². The molecular formula is C29H23BrFN3O4S2. The number of nitrogens with zero attached hydrogens (tertiary/aromatic N) is 3. The lowest BCUT2D eigenvalue weighted by atomic mass is 9.95. The average molecular weight is 641 g/mol. The SMILES string of the molecule is CCCOc1ccc(/C(O)=C2/C(=O)C(=O)N(c3nnc(SCc4ccccc4F)s3)C2c2cccc(Br)c2)cc1. The van der Waals surface area contributed by atoms with E-state index in [0.29, 0.717) is 39.1 Å². The summed E-state index contributed by atoms with van der Waals surface area (Å²) in [5, 5.41) is 19.9. The molecule has 40 heavy (non-hydrogen) atoms. The molecule has 1 unspecified atom stereocenters. The lowest BCUT2D eigenvalue weighted by Gasteiger charge is -2.22. The summed E-state index contributed by atoms with van der Waals surface area (Å²) in [6, 6.07) is 19.4. The smallest absolute Gasteiger partial charge is 0.301 e. The van der Waals surface area contributed by atoms with Crippen LogP contribution in [-0.4, -0.2) is 33.6 Å².